The van der Waals surface area contributed by atoms with E-state index in [1.807, 2.05) is 0 Å². The average molecular weight is 380 g/mol. The van der Waals surface area contributed by atoms with Gasteiger partial charge in [-0.2, -0.15) is 0 Å². The molecule has 1 unspecified atom stereocenters. The third-order valence-corrected chi connectivity index (χ3v) is 6.67. The van der Waals surface area contributed by atoms with Crippen molar-refractivity contribution >= 4 is 0 Å². The van der Waals surface area contributed by atoms with Crippen LogP contribution in [0, 0.1) is 0 Å². The maximum Gasteiger partial charge on any atom is 0.00951 e. The molecule has 0 aromatic heterocycles. The minimum Gasteiger partial charge on any atom is -0.300 e. The van der Waals surface area contributed by atoms with E-state index in [0.717, 1.165) is 6.04 Å². The Kier molecular flexibility index (Phi) is 17.9. The summed E-state index contributed by atoms with van der Waals surface area (Å²) in [6.45, 7) is 7.45. The van der Waals surface area contributed by atoms with Crippen LogP contribution in [-0.4, -0.2) is 24.0 Å². The Balaban J connectivity index is 2.24. The zero-order chi connectivity index (χ0) is 19.4. The molecule has 1 heterocycles. The first kappa shape index (κ1) is 25.0. The number of rotatable bonds is 13. The molecular weight excluding hydrogens is 326 g/mol. The zero-order valence-electron chi connectivity index (χ0n) is 19.3. The number of nitrogens with zero attached hydrogens (tertiary/aromatic N) is 1. The third-order valence-electron chi connectivity index (χ3n) is 6.67. The van der Waals surface area contributed by atoms with Gasteiger partial charge in [0.15, 0.2) is 0 Å². The second kappa shape index (κ2) is 19.3. The standard InChI is InChI=1S/C26H53N/c1-3-5-6-7-8-10-13-16-19-23-26(22-4-2)27-24-20-17-14-11-9-12-15-18-21-25-27/h26H,3-25H2,1-2H3. The van der Waals surface area contributed by atoms with Crippen LogP contribution in [0.3, 0.4) is 0 Å². The molecular formula is C26H53N. The number of hydrogen-bond acceptors (Lipinski definition) is 1. The van der Waals surface area contributed by atoms with Crippen LogP contribution in [0.4, 0.5) is 0 Å². The fourth-order valence-corrected chi connectivity index (χ4v) is 4.88. The van der Waals surface area contributed by atoms with E-state index in [2.05, 4.69) is 18.7 Å². The van der Waals surface area contributed by atoms with Crippen LogP contribution in [0.5, 0.6) is 0 Å². The van der Waals surface area contributed by atoms with Crippen LogP contribution in [-0.2, 0) is 0 Å². The molecule has 0 bridgehead atoms. The molecule has 162 valence electrons. The van der Waals surface area contributed by atoms with E-state index < -0.39 is 0 Å². The summed E-state index contributed by atoms with van der Waals surface area (Å²) in [5.41, 5.74) is 0. The maximum atomic E-state index is 2.91. The first-order valence-corrected chi connectivity index (χ1v) is 13.1. The first-order valence-electron chi connectivity index (χ1n) is 13.1. The van der Waals surface area contributed by atoms with E-state index in [9.17, 15) is 0 Å². The highest BCUT2D eigenvalue weighted by Crippen LogP contribution is 2.20. The summed E-state index contributed by atoms with van der Waals surface area (Å²) in [4.78, 5) is 2.91. The molecule has 1 atom stereocenters. The normalized spacial score (nSPS) is 19.3. The molecule has 1 heteroatoms. The summed E-state index contributed by atoms with van der Waals surface area (Å²) in [7, 11) is 0. The van der Waals surface area contributed by atoms with E-state index >= 15 is 0 Å². The Morgan fingerprint density at radius 3 is 1.41 bits per heavy atom. The Morgan fingerprint density at radius 2 is 0.926 bits per heavy atom. The van der Waals surface area contributed by atoms with Crippen molar-refractivity contribution in [1.82, 2.24) is 4.90 Å². The first-order chi connectivity index (χ1) is 13.4. The summed E-state index contributed by atoms with van der Waals surface area (Å²) >= 11 is 0. The lowest BCUT2D eigenvalue weighted by molar-refractivity contribution is 0.164. The van der Waals surface area contributed by atoms with Crippen LogP contribution in [0.1, 0.15) is 149 Å². The molecule has 1 aliphatic heterocycles. The Morgan fingerprint density at radius 1 is 0.481 bits per heavy atom. The minimum absolute atomic E-state index is 0.877. The molecule has 1 aliphatic rings. The van der Waals surface area contributed by atoms with E-state index in [0.29, 0.717) is 0 Å². The van der Waals surface area contributed by atoms with Gasteiger partial charge in [-0.3, -0.25) is 0 Å². The van der Waals surface area contributed by atoms with E-state index in [1.54, 1.807) is 0 Å². The summed E-state index contributed by atoms with van der Waals surface area (Å²) in [6, 6.07) is 0.877. The lowest BCUT2D eigenvalue weighted by atomic mass is 9.99. The van der Waals surface area contributed by atoms with E-state index in [-0.39, 0.29) is 0 Å². The average Bonchev–Trinajstić information content (AvgIpc) is 2.66. The second-order valence-electron chi connectivity index (χ2n) is 9.28. The van der Waals surface area contributed by atoms with Gasteiger partial charge in [-0.05, 0) is 38.8 Å². The van der Waals surface area contributed by atoms with Crippen LogP contribution < -0.4 is 0 Å². The van der Waals surface area contributed by atoms with Crippen molar-refractivity contribution in [3.63, 3.8) is 0 Å². The Labute approximate surface area is 173 Å². The monoisotopic (exact) mass is 379 g/mol. The smallest absolute Gasteiger partial charge is 0.00951 e. The predicted octanol–water partition coefficient (Wildman–Crippen LogP) is 8.90. The van der Waals surface area contributed by atoms with Gasteiger partial charge in [-0.15, -0.1) is 0 Å². The van der Waals surface area contributed by atoms with Crippen LogP contribution in [0.2, 0.25) is 0 Å². The van der Waals surface area contributed by atoms with Crippen molar-refractivity contribution in [3.05, 3.63) is 0 Å². The van der Waals surface area contributed by atoms with Crippen LogP contribution in [0.15, 0.2) is 0 Å². The van der Waals surface area contributed by atoms with Crippen molar-refractivity contribution in [2.24, 2.45) is 0 Å². The second-order valence-corrected chi connectivity index (χ2v) is 9.28. The fraction of sp³-hybridized carbons (Fsp3) is 1.00. The van der Waals surface area contributed by atoms with Gasteiger partial charge in [-0.1, -0.05) is 123 Å². The zero-order valence-corrected chi connectivity index (χ0v) is 19.3. The molecule has 0 spiro atoms. The van der Waals surface area contributed by atoms with Crippen molar-refractivity contribution in [3.8, 4) is 0 Å². The van der Waals surface area contributed by atoms with Gasteiger partial charge in [0.05, 0.1) is 0 Å². The van der Waals surface area contributed by atoms with Gasteiger partial charge in [0.2, 0.25) is 0 Å². The van der Waals surface area contributed by atoms with Gasteiger partial charge in [0.25, 0.3) is 0 Å². The molecule has 0 saturated carbocycles. The van der Waals surface area contributed by atoms with Gasteiger partial charge in [-0.25, -0.2) is 0 Å². The largest absolute Gasteiger partial charge is 0.300 e. The van der Waals surface area contributed by atoms with E-state index in [4.69, 9.17) is 0 Å². The highest BCUT2D eigenvalue weighted by molar-refractivity contribution is 4.73. The molecule has 0 N–H and O–H groups in total. The molecule has 1 rings (SSSR count). The molecule has 1 fully saturated rings. The van der Waals surface area contributed by atoms with Crippen molar-refractivity contribution in [2.45, 2.75) is 155 Å². The highest BCUT2D eigenvalue weighted by Gasteiger charge is 2.17. The molecule has 0 amide bonds. The minimum atomic E-state index is 0.877. The van der Waals surface area contributed by atoms with Crippen molar-refractivity contribution in [1.29, 1.82) is 0 Å². The lowest BCUT2D eigenvalue weighted by Gasteiger charge is -2.32. The van der Waals surface area contributed by atoms with Crippen molar-refractivity contribution < 1.29 is 0 Å². The maximum absolute atomic E-state index is 2.91. The topological polar surface area (TPSA) is 3.24 Å². The predicted molar refractivity (Wildman–Crippen MR) is 124 cm³/mol. The lowest BCUT2D eigenvalue weighted by Crippen LogP contribution is -2.37. The van der Waals surface area contributed by atoms with Crippen molar-refractivity contribution in [2.75, 3.05) is 13.1 Å². The van der Waals surface area contributed by atoms with Gasteiger partial charge >= 0.3 is 0 Å². The quantitative estimate of drug-likeness (QED) is 0.289. The summed E-state index contributed by atoms with van der Waals surface area (Å²) in [6.07, 6.45) is 30.6. The molecule has 0 aromatic rings. The number of hydrogen-bond donors (Lipinski definition) is 0. The highest BCUT2D eigenvalue weighted by atomic mass is 15.1. The molecule has 0 aliphatic carbocycles. The molecule has 1 nitrogen and oxygen atoms in total. The number of unbranched alkanes of at least 4 members (excludes halogenated alkanes) is 8. The Bertz CT molecular complexity index is 276. The van der Waals surface area contributed by atoms with Crippen LogP contribution >= 0.6 is 0 Å². The van der Waals surface area contributed by atoms with Gasteiger partial charge in [0, 0.05) is 6.04 Å². The van der Waals surface area contributed by atoms with E-state index in [1.165, 1.54) is 148 Å². The summed E-state index contributed by atoms with van der Waals surface area (Å²) < 4.78 is 0. The molecule has 0 aromatic carbocycles. The van der Waals surface area contributed by atoms with Gasteiger partial charge < -0.3 is 4.90 Å². The molecule has 1 saturated heterocycles. The SMILES string of the molecule is CCCCCCCCCCCC(CCC)N1CCCCCCCCCCC1. The van der Waals surface area contributed by atoms with Crippen LogP contribution in [0.25, 0.3) is 0 Å². The molecule has 27 heavy (non-hydrogen) atoms. The summed E-state index contributed by atoms with van der Waals surface area (Å²) in [5.74, 6) is 0. The molecule has 0 radical (unpaired) electrons. The fourth-order valence-electron chi connectivity index (χ4n) is 4.88. The third kappa shape index (κ3) is 14.6. The summed E-state index contributed by atoms with van der Waals surface area (Å²) in [5, 5.41) is 0. The Hall–Kier alpha value is -0.0400. The van der Waals surface area contributed by atoms with Gasteiger partial charge in [0.1, 0.15) is 0 Å².